The highest BCUT2D eigenvalue weighted by atomic mass is 15.0. The summed E-state index contributed by atoms with van der Waals surface area (Å²) in [4.78, 5) is 4.53. The lowest BCUT2D eigenvalue weighted by Crippen LogP contribution is -2.03. The molecule has 9 aromatic rings. The van der Waals surface area contributed by atoms with Gasteiger partial charge in [-0.2, -0.15) is 0 Å². The number of benzene rings is 7. The lowest BCUT2D eigenvalue weighted by atomic mass is 9.79. The van der Waals surface area contributed by atoms with E-state index >= 15 is 0 Å². The van der Waals surface area contributed by atoms with Crippen molar-refractivity contribution < 1.29 is 0 Å². The highest BCUT2D eigenvalue weighted by Gasteiger charge is 2.23. The summed E-state index contributed by atoms with van der Waals surface area (Å²) in [6.45, 7) is 0. The molecular weight excluding hydrogens is 593 g/mol. The fourth-order valence-electron chi connectivity index (χ4n) is 8.27. The number of pyridine rings is 1. The van der Waals surface area contributed by atoms with Gasteiger partial charge in [-0.3, -0.25) is 4.98 Å². The molecule has 1 aliphatic rings. The van der Waals surface area contributed by atoms with E-state index in [1.807, 2.05) is 12.4 Å². The Morgan fingerprint density at radius 2 is 1.14 bits per heavy atom. The van der Waals surface area contributed by atoms with Crippen molar-refractivity contribution >= 4 is 49.4 Å². The van der Waals surface area contributed by atoms with Crippen molar-refractivity contribution in [3.63, 3.8) is 0 Å². The fraction of sp³-hybridized carbons (Fsp3) is 0.0426. The molecule has 0 saturated heterocycles. The first-order valence-corrected chi connectivity index (χ1v) is 17.1. The average Bonchev–Trinajstić information content (AvgIpc) is 3.51. The van der Waals surface area contributed by atoms with E-state index in [0.29, 0.717) is 0 Å². The summed E-state index contributed by atoms with van der Waals surface area (Å²) in [7, 11) is 0. The van der Waals surface area contributed by atoms with Crippen LogP contribution in [0.25, 0.3) is 88.5 Å². The lowest BCUT2D eigenvalue weighted by Gasteiger charge is -2.24. The van der Waals surface area contributed by atoms with E-state index in [4.69, 9.17) is 0 Å². The van der Waals surface area contributed by atoms with Crippen LogP contribution in [0.1, 0.15) is 17.5 Å². The van der Waals surface area contributed by atoms with Crippen molar-refractivity contribution in [2.75, 3.05) is 0 Å². The Morgan fingerprint density at radius 3 is 1.94 bits per heavy atom. The van der Waals surface area contributed by atoms with Crippen LogP contribution in [0.2, 0.25) is 0 Å². The molecule has 0 fully saturated rings. The quantitative estimate of drug-likeness (QED) is 0.190. The van der Waals surface area contributed by atoms with Gasteiger partial charge in [0, 0.05) is 28.9 Å². The summed E-state index contributed by atoms with van der Waals surface area (Å²) in [6, 6.07) is 53.2. The number of fused-ring (bicyclic) bond motifs is 6. The summed E-state index contributed by atoms with van der Waals surface area (Å²) < 4.78 is 2.35. The van der Waals surface area contributed by atoms with E-state index in [2.05, 4.69) is 167 Å². The van der Waals surface area contributed by atoms with E-state index in [1.165, 1.54) is 82.5 Å². The standard InChI is InChI=1S/C47H32N2/c1-3-13-31(14-4-1)46-37-19-9-11-21-39(37)47(40-22-12-10-20-38(40)46)41-25-24-34(35-17-7-8-18-36(35)41)32-23-26-44-42(29-32)43-30-48-28-27-45(43)49(44)33-15-5-2-6-16-33/h1-11,13-21,23-30H,12,22H2. The van der Waals surface area contributed by atoms with Crippen molar-refractivity contribution in [3.05, 3.63) is 175 Å². The zero-order valence-electron chi connectivity index (χ0n) is 27.0. The Labute approximate surface area is 285 Å². The number of aromatic nitrogens is 2. The smallest absolute Gasteiger partial charge is 0.0571 e. The maximum atomic E-state index is 4.53. The van der Waals surface area contributed by atoms with Gasteiger partial charge in [0.15, 0.2) is 0 Å². The Balaban J connectivity index is 1.22. The molecule has 1 aliphatic carbocycles. The molecule has 0 unspecified atom stereocenters. The van der Waals surface area contributed by atoms with Crippen LogP contribution in [0.3, 0.4) is 0 Å². The second-order valence-electron chi connectivity index (χ2n) is 13.0. The van der Waals surface area contributed by atoms with Gasteiger partial charge in [0.25, 0.3) is 0 Å². The van der Waals surface area contributed by atoms with Crippen LogP contribution in [-0.4, -0.2) is 9.55 Å². The molecule has 7 aromatic carbocycles. The Bertz CT molecular complexity index is 2750. The summed E-state index contributed by atoms with van der Waals surface area (Å²) in [6.07, 6.45) is 10.7. The van der Waals surface area contributed by atoms with Crippen LogP contribution < -0.4 is 0 Å². The lowest BCUT2D eigenvalue weighted by molar-refractivity contribution is 0.992. The number of hydrogen-bond donors (Lipinski definition) is 0. The first-order valence-electron chi connectivity index (χ1n) is 17.1. The topological polar surface area (TPSA) is 17.8 Å². The third-order valence-electron chi connectivity index (χ3n) is 10.4. The van der Waals surface area contributed by atoms with E-state index in [0.717, 1.165) is 23.9 Å². The largest absolute Gasteiger partial charge is 0.309 e. The summed E-state index contributed by atoms with van der Waals surface area (Å²) in [5, 5.41) is 7.53. The fourth-order valence-corrected chi connectivity index (χ4v) is 8.27. The zero-order chi connectivity index (χ0) is 32.3. The molecule has 0 amide bonds. The number of rotatable bonds is 4. The molecule has 230 valence electrons. The number of allylic oxidation sites excluding steroid dienone is 1. The van der Waals surface area contributed by atoms with Gasteiger partial charge in [0.1, 0.15) is 0 Å². The number of hydrogen-bond acceptors (Lipinski definition) is 1. The highest BCUT2D eigenvalue weighted by molar-refractivity contribution is 6.16. The van der Waals surface area contributed by atoms with E-state index in [-0.39, 0.29) is 0 Å². The molecular formula is C47H32N2. The molecule has 2 heterocycles. The minimum atomic E-state index is 1.03. The predicted octanol–water partition coefficient (Wildman–Crippen LogP) is 12.4. The van der Waals surface area contributed by atoms with Gasteiger partial charge in [-0.25, -0.2) is 0 Å². The molecule has 0 N–H and O–H groups in total. The summed E-state index contributed by atoms with van der Waals surface area (Å²) in [5.41, 5.74) is 14.0. The molecule has 0 bridgehead atoms. The molecule has 0 aliphatic heterocycles. The van der Waals surface area contributed by atoms with E-state index in [9.17, 15) is 0 Å². The van der Waals surface area contributed by atoms with Crippen LogP contribution in [0.5, 0.6) is 0 Å². The van der Waals surface area contributed by atoms with Gasteiger partial charge in [-0.15, -0.1) is 0 Å². The normalized spacial score (nSPS) is 12.7. The first-order chi connectivity index (χ1) is 24.3. The third-order valence-corrected chi connectivity index (χ3v) is 10.4. The van der Waals surface area contributed by atoms with Crippen molar-refractivity contribution in [1.82, 2.24) is 9.55 Å². The maximum absolute atomic E-state index is 4.53. The van der Waals surface area contributed by atoms with Crippen molar-refractivity contribution in [3.8, 4) is 39.1 Å². The molecule has 0 spiro atoms. The van der Waals surface area contributed by atoms with Gasteiger partial charge in [0.05, 0.1) is 11.0 Å². The first kappa shape index (κ1) is 27.8. The van der Waals surface area contributed by atoms with Gasteiger partial charge in [-0.05, 0) is 109 Å². The molecule has 0 radical (unpaired) electrons. The zero-order valence-corrected chi connectivity index (χ0v) is 27.0. The van der Waals surface area contributed by atoms with Gasteiger partial charge >= 0.3 is 0 Å². The van der Waals surface area contributed by atoms with Crippen LogP contribution in [-0.2, 0) is 6.42 Å². The molecule has 49 heavy (non-hydrogen) atoms. The van der Waals surface area contributed by atoms with Crippen molar-refractivity contribution in [1.29, 1.82) is 0 Å². The van der Waals surface area contributed by atoms with Gasteiger partial charge in [0.2, 0.25) is 0 Å². The second kappa shape index (κ2) is 11.2. The van der Waals surface area contributed by atoms with Crippen molar-refractivity contribution in [2.45, 2.75) is 12.8 Å². The minimum absolute atomic E-state index is 1.03. The molecule has 2 heteroatoms. The number of nitrogens with zero attached hydrogens (tertiary/aromatic N) is 2. The molecule has 0 saturated carbocycles. The Hall–Kier alpha value is -6.25. The monoisotopic (exact) mass is 624 g/mol. The van der Waals surface area contributed by atoms with Crippen LogP contribution in [0.4, 0.5) is 0 Å². The van der Waals surface area contributed by atoms with Crippen LogP contribution >= 0.6 is 0 Å². The summed E-state index contributed by atoms with van der Waals surface area (Å²) in [5.74, 6) is 0. The third kappa shape index (κ3) is 4.31. The van der Waals surface area contributed by atoms with Crippen LogP contribution in [0.15, 0.2) is 164 Å². The van der Waals surface area contributed by atoms with Gasteiger partial charge in [-0.1, -0.05) is 127 Å². The minimum Gasteiger partial charge on any atom is -0.309 e. The Morgan fingerprint density at radius 1 is 0.490 bits per heavy atom. The highest BCUT2D eigenvalue weighted by Crippen LogP contribution is 2.47. The van der Waals surface area contributed by atoms with Gasteiger partial charge < -0.3 is 4.57 Å². The van der Waals surface area contributed by atoms with E-state index in [1.54, 1.807) is 0 Å². The predicted molar refractivity (Wildman–Crippen MR) is 207 cm³/mol. The van der Waals surface area contributed by atoms with Crippen molar-refractivity contribution in [2.24, 2.45) is 0 Å². The second-order valence-corrected chi connectivity index (χ2v) is 13.0. The maximum Gasteiger partial charge on any atom is 0.0571 e. The molecule has 2 nitrogen and oxygen atoms in total. The molecule has 10 rings (SSSR count). The van der Waals surface area contributed by atoms with Crippen LogP contribution in [0, 0.1) is 0 Å². The SMILES string of the molecule is C1=Cc2c(c(-c3ccc(-c4ccc5c(c4)c4cnccc4n5-c4ccccc4)c4ccccc34)c3ccccc3c2-c2ccccc2)CC1. The van der Waals surface area contributed by atoms with E-state index < -0.39 is 0 Å². The Kier molecular flexibility index (Phi) is 6.35. The molecule has 0 atom stereocenters. The number of para-hydroxylation sites is 1. The summed E-state index contributed by atoms with van der Waals surface area (Å²) >= 11 is 0. The average molecular weight is 625 g/mol. The molecule has 2 aromatic heterocycles.